The van der Waals surface area contributed by atoms with Crippen molar-refractivity contribution in [2.75, 3.05) is 22.9 Å². The maximum atomic E-state index is 12.5. The number of hydrogen-bond acceptors (Lipinski definition) is 3. The van der Waals surface area contributed by atoms with Gasteiger partial charge in [0.1, 0.15) is 0 Å². The van der Waals surface area contributed by atoms with Gasteiger partial charge >= 0.3 is 0 Å². The lowest BCUT2D eigenvalue weighted by atomic mass is 9.88. The van der Waals surface area contributed by atoms with Crippen molar-refractivity contribution < 1.29 is 4.79 Å². The smallest absolute Gasteiger partial charge is 0.229 e. The summed E-state index contributed by atoms with van der Waals surface area (Å²) in [6, 6.07) is 8.01. The van der Waals surface area contributed by atoms with Crippen LogP contribution in [0.15, 0.2) is 24.3 Å². The molecule has 0 unspecified atom stereocenters. The van der Waals surface area contributed by atoms with Crippen LogP contribution in [0.4, 0.5) is 11.4 Å². The van der Waals surface area contributed by atoms with Gasteiger partial charge in [0.2, 0.25) is 5.91 Å². The highest BCUT2D eigenvalue weighted by Gasteiger charge is 2.24. The molecule has 0 atom stereocenters. The zero-order chi connectivity index (χ0) is 13.7. The Morgan fingerprint density at radius 1 is 1.32 bits per heavy atom. The molecule has 0 saturated heterocycles. The fourth-order valence-corrected chi connectivity index (χ4v) is 3.01. The second kappa shape index (κ2) is 6.85. The van der Waals surface area contributed by atoms with Gasteiger partial charge in [-0.25, -0.2) is 0 Å². The fraction of sp³-hybridized carbons (Fsp3) is 0.533. The molecule has 1 saturated carbocycles. The van der Waals surface area contributed by atoms with Crippen molar-refractivity contribution >= 4 is 29.2 Å². The standard InChI is InChI=1S/C15H22N2OS/c1-17(15(18)12-7-4-3-5-8-12)14-10-6-9-13(11-14)16-19-2/h6,9-12,16H,3-5,7-8H2,1-2H3. The van der Waals surface area contributed by atoms with Gasteiger partial charge in [-0.15, -0.1) is 0 Å². The van der Waals surface area contributed by atoms with E-state index in [1.807, 2.05) is 42.5 Å². The minimum Gasteiger partial charge on any atom is -0.330 e. The van der Waals surface area contributed by atoms with Gasteiger partial charge in [0, 0.05) is 30.6 Å². The molecule has 2 rings (SSSR count). The Bertz CT molecular complexity index is 430. The van der Waals surface area contributed by atoms with Crippen molar-refractivity contribution in [3.63, 3.8) is 0 Å². The molecule has 1 aromatic rings. The molecule has 1 amide bonds. The zero-order valence-corrected chi connectivity index (χ0v) is 12.5. The van der Waals surface area contributed by atoms with Crippen LogP contribution in [-0.4, -0.2) is 19.2 Å². The van der Waals surface area contributed by atoms with Crippen LogP contribution in [0.25, 0.3) is 0 Å². The summed E-state index contributed by atoms with van der Waals surface area (Å²) in [6.45, 7) is 0. The molecule has 1 N–H and O–H groups in total. The van der Waals surface area contributed by atoms with Crippen molar-refractivity contribution in [2.45, 2.75) is 32.1 Å². The van der Waals surface area contributed by atoms with Crippen molar-refractivity contribution in [2.24, 2.45) is 5.92 Å². The third-order valence-corrected chi connectivity index (χ3v) is 4.18. The minimum absolute atomic E-state index is 0.218. The number of rotatable bonds is 4. The Morgan fingerprint density at radius 2 is 2.05 bits per heavy atom. The number of nitrogens with zero attached hydrogens (tertiary/aromatic N) is 1. The van der Waals surface area contributed by atoms with E-state index in [2.05, 4.69) is 4.72 Å². The average Bonchev–Trinajstić information content (AvgIpc) is 2.47. The van der Waals surface area contributed by atoms with Gasteiger partial charge < -0.3 is 9.62 Å². The van der Waals surface area contributed by atoms with Gasteiger partial charge in [0.25, 0.3) is 0 Å². The van der Waals surface area contributed by atoms with E-state index >= 15 is 0 Å². The van der Waals surface area contributed by atoms with Crippen LogP contribution in [0, 0.1) is 5.92 Å². The Hall–Kier alpha value is -1.16. The number of hydrogen-bond donors (Lipinski definition) is 1. The van der Waals surface area contributed by atoms with Crippen LogP contribution in [0.5, 0.6) is 0 Å². The highest BCUT2D eigenvalue weighted by Crippen LogP contribution is 2.28. The van der Waals surface area contributed by atoms with Crippen molar-refractivity contribution in [3.05, 3.63) is 24.3 Å². The topological polar surface area (TPSA) is 32.3 Å². The highest BCUT2D eigenvalue weighted by atomic mass is 32.2. The summed E-state index contributed by atoms with van der Waals surface area (Å²) in [6.07, 6.45) is 7.75. The summed E-state index contributed by atoms with van der Waals surface area (Å²) in [5.74, 6) is 0.483. The first-order valence-electron chi connectivity index (χ1n) is 6.89. The number of nitrogens with one attached hydrogen (secondary N) is 1. The number of benzene rings is 1. The van der Waals surface area contributed by atoms with Crippen LogP contribution in [0.2, 0.25) is 0 Å². The number of carbonyl (C=O) groups is 1. The fourth-order valence-electron chi connectivity index (χ4n) is 2.65. The van der Waals surface area contributed by atoms with Crippen LogP contribution in [0.1, 0.15) is 32.1 Å². The third kappa shape index (κ3) is 3.66. The molecule has 3 nitrogen and oxygen atoms in total. The van der Waals surface area contributed by atoms with E-state index in [0.29, 0.717) is 0 Å². The molecule has 1 fully saturated rings. The molecule has 1 aliphatic rings. The van der Waals surface area contributed by atoms with Gasteiger partial charge in [-0.3, -0.25) is 4.79 Å². The van der Waals surface area contributed by atoms with Gasteiger partial charge in [0.15, 0.2) is 0 Å². The summed E-state index contributed by atoms with van der Waals surface area (Å²) < 4.78 is 3.20. The Labute approximate surface area is 119 Å². The maximum Gasteiger partial charge on any atom is 0.229 e. The predicted molar refractivity (Wildman–Crippen MR) is 83.6 cm³/mol. The first kappa shape index (κ1) is 14.3. The second-order valence-electron chi connectivity index (χ2n) is 5.09. The van der Waals surface area contributed by atoms with Crippen LogP contribution >= 0.6 is 11.9 Å². The lowest BCUT2D eigenvalue weighted by Crippen LogP contribution is -2.33. The molecule has 19 heavy (non-hydrogen) atoms. The zero-order valence-electron chi connectivity index (χ0n) is 11.7. The van der Waals surface area contributed by atoms with E-state index in [9.17, 15) is 4.79 Å². The molecular weight excluding hydrogens is 256 g/mol. The summed E-state index contributed by atoms with van der Waals surface area (Å²) in [5, 5.41) is 0. The number of anilines is 2. The van der Waals surface area contributed by atoms with Crippen LogP contribution in [-0.2, 0) is 4.79 Å². The molecule has 1 aromatic carbocycles. The monoisotopic (exact) mass is 278 g/mol. The second-order valence-corrected chi connectivity index (χ2v) is 5.70. The Balaban J connectivity index is 2.07. The summed E-state index contributed by atoms with van der Waals surface area (Å²) >= 11 is 1.56. The van der Waals surface area contributed by atoms with Gasteiger partial charge in [-0.05, 0) is 31.0 Å². The molecule has 104 valence electrons. The van der Waals surface area contributed by atoms with E-state index in [1.54, 1.807) is 11.9 Å². The van der Waals surface area contributed by atoms with Crippen molar-refractivity contribution in [3.8, 4) is 0 Å². The first-order chi connectivity index (χ1) is 9.22. The summed E-state index contributed by atoms with van der Waals surface area (Å²) in [4.78, 5) is 14.3. The molecule has 0 spiro atoms. The normalized spacial score (nSPS) is 16.1. The van der Waals surface area contributed by atoms with Gasteiger partial charge in [-0.2, -0.15) is 0 Å². The quantitative estimate of drug-likeness (QED) is 0.847. The van der Waals surface area contributed by atoms with Crippen molar-refractivity contribution in [1.82, 2.24) is 0 Å². The highest BCUT2D eigenvalue weighted by molar-refractivity contribution is 7.99. The number of amides is 1. The maximum absolute atomic E-state index is 12.5. The van der Waals surface area contributed by atoms with Gasteiger partial charge in [0.05, 0.1) is 0 Å². The molecule has 0 bridgehead atoms. The third-order valence-electron chi connectivity index (χ3n) is 3.74. The lowest BCUT2D eigenvalue weighted by Gasteiger charge is -2.26. The lowest BCUT2D eigenvalue weighted by molar-refractivity contribution is -0.123. The molecule has 0 radical (unpaired) electrons. The minimum atomic E-state index is 0.218. The summed E-state index contributed by atoms with van der Waals surface area (Å²) in [5.41, 5.74) is 2.00. The van der Waals surface area contributed by atoms with Crippen molar-refractivity contribution in [1.29, 1.82) is 0 Å². The van der Waals surface area contributed by atoms with Gasteiger partial charge in [-0.1, -0.05) is 37.3 Å². The van der Waals surface area contributed by atoms with E-state index in [0.717, 1.165) is 24.2 Å². The SMILES string of the molecule is CSNc1cccc(N(C)C(=O)C2CCCCC2)c1. The molecule has 0 heterocycles. The predicted octanol–water partition coefficient (Wildman–Crippen LogP) is 3.92. The largest absolute Gasteiger partial charge is 0.330 e. The molecule has 4 heteroatoms. The summed E-state index contributed by atoms with van der Waals surface area (Å²) in [7, 11) is 1.88. The van der Waals surface area contributed by atoms with E-state index < -0.39 is 0 Å². The van der Waals surface area contributed by atoms with Crippen LogP contribution in [0.3, 0.4) is 0 Å². The van der Waals surface area contributed by atoms with E-state index in [4.69, 9.17) is 0 Å². The molecular formula is C15H22N2OS. The van der Waals surface area contributed by atoms with E-state index in [1.165, 1.54) is 19.3 Å². The van der Waals surface area contributed by atoms with Crippen LogP contribution < -0.4 is 9.62 Å². The Kier molecular flexibility index (Phi) is 5.14. The molecule has 0 aliphatic heterocycles. The molecule has 0 aromatic heterocycles. The van der Waals surface area contributed by atoms with E-state index in [-0.39, 0.29) is 11.8 Å². The average molecular weight is 278 g/mol. The first-order valence-corrected chi connectivity index (χ1v) is 8.11. The Morgan fingerprint density at radius 3 is 2.74 bits per heavy atom. The number of carbonyl (C=O) groups excluding carboxylic acids is 1. The molecule has 1 aliphatic carbocycles.